The van der Waals surface area contributed by atoms with Gasteiger partial charge in [0.25, 0.3) is 0 Å². The average molecular weight is 591 g/mol. The van der Waals surface area contributed by atoms with E-state index in [0.717, 1.165) is 0 Å². The molecule has 3 aliphatic heterocycles. The highest BCUT2D eigenvalue weighted by atomic mass is 35.5. The summed E-state index contributed by atoms with van der Waals surface area (Å²) in [4.78, 5) is 41.2. The van der Waals surface area contributed by atoms with Gasteiger partial charge in [-0.1, -0.05) is 23.7 Å². The Morgan fingerprint density at radius 1 is 1.32 bits per heavy atom. The Balaban J connectivity index is 1.48. The molecule has 2 atom stereocenters. The van der Waals surface area contributed by atoms with Crippen LogP contribution in [0, 0.1) is 5.82 Å². The number of rotatable bonds is 8. The summed E-state index contributed by atoms with van der Waals surface area (Å²) < 4.78 is 20.0. The predicted octanol–water partition coefficient (Wildman–Crippen LogP) is 3.04. The van der Waals surface area contributed by atoms with Crippen molar-refractivity contribution >= 4 is 40.8 Å². The van der Waals surface area contributed by atoms with Crippen LogP contribution in [0.1, 0.15) is 37.4 Å². The summed E-state index contributed by atoms with van der Waals surface area (Å²) in [6.07, 6.45) is 1.66. The molecule has 0 spiro atoms. The third-order valence-corrected chi connectivity index (χ3v) is 8.18. The lowest BCUT2D eigenvalue weighted by Gasteiger charge is -2.38. The average Bonchev–Trinajstić information content (AvgIpc) is 3.53. The standard InChI is InChI=1S/C27H32ClFN6O4S/c1-4-39-25(36)20-19(14-33-9-10-35-16(12-33)13-34(26(35)37)15-27(2,3)38)31-23(24-30-8-11-40-24)32-22(20)17-6-5-7-18(29)21(17)28/h5-8,11,16,22,38H,4,9-10,12-15H2,1-3H3,(H,31,32)/t16-,22-/m0/s1. The van der Waals surface area contributed by atoms with E-state index >= 15 is 0 Å². The molecule has 4 heterocycles. The molecule has 2 amide bonds. The fraction of sp³-hybridized carbons (Fsp3) is 0.481. The van der Waals surface area contributed by atoms with Gasteiger partial charge < -0.3 is 25.0 Å². The largest absolute Gasteiger partial charge is 0.463 e. The van der Waals surface area contributed by atoms with Crippen LogP contribution in [0.2, 0.25) is 5.02 Å². The van der Waals surface area contributed by atoms with Crippen molar-refractivity contribution in [2.75, 3.05) is 45.9 Å². The van der Waals surface area contributed by atoms with Crippen molar-refractivity contribution in [3.05, 3.63) is 62.5 Å². The van der Waals surface area contributed by atoms with Crippen molar-refractivity contribution in [2.24, 2.45) is 4.99 Å². The van der Waals surface area contributed by atoms with Crippen molar-refractivity contribution in [3.63, 3.8) is 0 Å². The molecule has 10 nitrogen and oxygen atoms in total. The van der Waals surface area contributed by atoms with Crippen molar-refractivity contribution in [1.82, 2.24) is 25.0 Å². The monoisotopic (exact) mass is 590 g/mol. The van der Waals surface area contributed by atoms with Crippen LogP contribution < -0.4 is 5.32 Å². The molecule has 3 aliphatic rings. The zero-order valence-corrected chi connectivity index (χ0v) is 24.1. The molecule has 0 bridgehead atoms. The molecule has 0 aliphatic carbocycles. The number of aliphatic hydroxyl groups is 1. The maximum absolute atomic E-state index is 14.5. The van der Waals surface area contributed by atoms with Crippen LogP contribution in [0.4, 0.5) is 9.18 Å². The SMILES string of the molecule is CCOC(=O)C1=C(CN2CCN3C(=O)N(CC(C)(C)O)C[C@@H]3C2)NC(c2nccs2)=N[C@H]1c1cccc(F)c1Cl. The van der Waals surface area contributed by atoms with Crippen LogP contribution in [0.5, 0.6) is 0 Å². The highest BCUT2D eigenvalue weighted by Gasteiger charge is 2.43. The van der Waals surface area contributed by atoms with Gasteiger partial charge in [-0.3, -0.25) is 9.89 Å². The summed E-state index contributed by atoms with van der Waals surface area (Å²) in [5, 5.41) is 15.9. The first kappa shape index (κ1) is 28.5. The number of carbonyl (C=O) groups excluding carboxylic acids is 2. The summed E-state index contributed by atoms with van der Waals surface area (Å²) in [5.74, 6) is -0.719. The molecule has 5 rings (SSSR count). The number of ether oxygens (including phenoxy) is 1. The molecule has 0 unspecified atom stereocenters. The molecule has 2 fully saturated rings. The fourth-order valence-electron chi connectivity index (χ4n) is 5.38. The van der Waals surface area contributed by atoms with Crippen molar-refractivity contribution < 1.29 is 23.8 Å². The van der Waals surface area contributed by atoms with E-state index < -0.39 is 23.4 Å². The van der Waals surface area contributed by atoms with Crippen molar-refractivity contribution in [3.8, 4) is 0 Å². The number of nitrogens with zero attached hydrogens (tertiary/aromatic N) is 5. The summed E-state index contributed by atoms with van der Waals surface area (Å²) in [6, 6.07) is 3.41. The zero-order chi connectivity index (χ0) is 28.6. The Kier molecular flexibility index (Phi) is 8.14. The summed E-state index contributed by atoms with van der Waals surface area (Å²) in [7, 11) is 0. The normalized spacial score (nSPS) is 21.9. The minimum Gasteiger partial charge on any atom is -0.463 e. The van der Waals surface area contributed by atoms with Gasteiger partial charge in [-0.15, -0.1) is 11.3 Å². The summed E-state index contributed by atoms with van der Waals surface area (Å²) >= 11 is 7.78. The number of hydrogen-bond acceptors (Lipinski definition) is 9. The van der Waals surface area contributed by atoms with Gasteiger partial charge in [-0.05, 0) is 26.8 Å². The molecule has 1 aromatic carbocycles. The number of hydrogen-bond donors (Lipinski definition) is 2. The van der Waals surface area contributed by atoms with E-state index in [9.17, 15) is 19.1 Å². The Labute approximate surface area is 241 Å². The Hall–Kier alpha value is -3.06. The Morgan fingerprint density at radius 3 is 2.83 bits per heavy atom. The third kappa shape index (κ3) is 5.85. The van der Waals surface area contributed by atoms with Crippen LogP contribution in [0.15, 0.2) is 46.0 Å². The van der Waals surface area contributed by atoms with Gasteiger partial charge in [0.2, 0.25) is 0 Å². The second-order valence-electron chi connectivity index (χ2n) is 10.7. The quantitative estimate of drug-likeness (QED) is 0.455. The molecule has 2 saturated heterocycles. The van der Waals surface area contributed by atoms with E-state index in [1.165, 1.54) is 23.5 Å². The maximum Gasteiger partial charge on any atom is 0.338 e. The van der Waals surface area contributed by atoms with Crippen LogP contribution in [0.25, 0.3) is 0 Å². The van der Waals surface area contributed by atoms with Crippen LogP contribution >= 0.6 is 22.9 Å². The number of piperazine rings is 1. The van der Waals surface area contributed by atoms with Gasteiger partial charge in [0.1, 0.15) is 11.9 Å². The van der Waals surface area contributed by atoms with Crippen LogP contribution in [0.3, 0.4) is 0 Å². The molecular weight excluding hydrogens is 559 g/mol. The molecule has 0 radical (unpaired) electrons. The lowest BCUT2D eigenvalue weighted by atomic mass is 9.95. The summed E-state index contributed by atoms with van der Waals surface area (Å²) in [6.45, 7) is 8.01. The molecule has 214 valence electrons. The Bertz CT molecular complexity index is 1340. The number of urea groups is 1. The smallest absolute Gasteiger partial charge is 0.338 e. The number of aliphatic imine (C=N–C) groups is 1. The highest BCUT2D eigenvalue weighted by Crippen LogP contribution is 2.37. The molecule has 1 aromatic heterocycles. The number of carbonyl (C=O) groups is 2. The number of benzene rings is 1. The minimum absolute atomic E-state index is 0.0561. The zero-order valence-electron chi connectivity index (χ0n) is 22.6. The Morgan fingerprint density at radius 2 is 2.12 bits per heavy atom. The number of halogens is 2. The van der Waals surface area contributed by atoms with E-state index in [2.05, 4.69) is 15.2 Å². The first-order chi connectivity index (χ1) is 19.1. The minimum atomic E-state index is -0.992. The molecule has 0 saturated carbocycles. The van der Waals surface area contributed by atoms with Crippen molar-refractivity contribution in [1.29, 1.82) is 0 Å². The van der Waals surface area contributed by atoms with Gasteiger partial charge in [-0.2, -0.15) is 0 Å². The highest BCUT2D eigenvalue weighted by molar-refractivity contribution is 7.11. The number of fused-ring (bicyclic) bond motifs is 1. The van der Waals surface area contributed by atoms with Gasteiger partial charge in [0.15, 0.2) is 10.8 Å². The fourth-order valence-corrected chi connectivity index (χ4v) is 6.20. The number of amidine groups is 1. The predicted molar refractivity (Wildman–Crippen MR) is 150 cm³/mol. The van der Waals surface area contributed by atoms with Gasteiger partial charge in [0.05, 0.1) is 35.4 Å². The van der Waals surface area contributed by atoms with Crippen LogP contribution in [-0.4, -0.2) is 100 Å². The summed E-state index contributed by atoms with van der Waals surface area (Å²) in [5.41, 5.74) is 0.179. The number of esters is 1. The second kappa shape index (κ2) is 11.4. The van der Waals surface area contributed by atoms with Gasteiger partial charge in [-0.25, -0.2) is 19.0 Å². The number of β-amino-alcohol motifs (C(OH)–C–C–N with tert-alkyl or cyclic N) is 1. The molecular formula is C27H32ClFN6O4S. The van der Waals surface area contributed by atoms with E-state index in [-0.39, 0.29) is 35.8 Å². The van der Waals surface area contributed by atoms with E-state index in [1.807, 2.05) is 10.3 Å². The maximum atomic E-state index is 14.5. The lowest BCUT2D eigenvalue weighted by Crippen LogP contribution is -2.53. The topological polar surface area (TPSA) is 111 Å². The van der Waals surface area contributed by atoms with Crippen LogP contribution in [-0.2, 0) is 9.53 Å². The second-order valence-corrected chi connectivity index (χ2v) is 11.9. The van der Waals surface area contributed by atoms with Gasteiger partial charge in [0, 0.05) is 55.6 Å². The van der Waals surface area contributed by atoms with Gasteiger partial charge >= 0.3 is 12.0 Å². The van der Waals surface area contributed by atoms with E-state index in [0.29, 0.717) is 54.8 Å². The first-order valence-electron chi connectivity index (χ1n) is 13.1. The number of aromatic nitrogens is 1. The molecule has 13 heteroatoms. The molecule has 40 heavy (non-hydrogen) atoms. The number of amides is 2. The van der Waals surface area contributed by atoms with E-state index in [1.54, 1.807) is 37.9 Å². The molecule has 2 N–H and O–H groups in total. The van der Waals surface area contributed by atoms with E-state index in [4.69, 9.17) is 21.3 Å². The third-order valence-electron chi connectivity index (χ3n) is 7.01. The number of nitrogens with one attached hydrogen (secondary N) is 1. The lowest BCUT2D eigenvalue weighted by molar-refractivity contribution is -0.139. The molecule has 2 aromatic rings. The number of thiazole rings is 1. The first-order valence-corrected chi connectivity index (χ1v) is 14.4. The van der Waals surface area contributed by atoms with Crippen molar-refractivity contribution in [2.45, 2.75) is 38.5 Å².